The van der Waals surface area contributed by atoms with Crippen LogP contribution in [0.15, 0.2) is 83.8 Å². The molecule has 0 bridgehead atoms. The molecule has 1 aliphatic rings. The highest BCUT2D eigenvalue weighted by Crippen LogP contribution is 2.27. The summed E-state index contributed by atoms with van der Waals surface area (Å²) in [5.74, 6) is -0.510. The van der Waals surface area contributed by atoms with Gasteiger partial charge in [0, 0.05) is 13.1 Å². The van der Waals surface area contributed by atoms with Gasteiger partial charge in [0.2, 0.25) is 15.9 Å². The molecule has 0 unspecified atom stereocenters. The minimum Gasteiger partial charge on any atom is -0.345 e. The molecule has 0 radical (unpaired) electrons. The first-order valence-corrected chi connectivity index (χ1v) is 12.8. The van der Waals surface area contributed by atoms with Gasteiger partial charge < -0.3 is 5.32 Å². The van der Waals surface area contributed by atoms with E-state index in [0.29, 0.717) is 19.4 Å². The number of carbonyl (C=O) groups excluding carboxylic acids is 1. The summed E-state index contributed by atoms with van der Waals surface area (Å²) < 4.78 is 27.8. The van der Waals surface area contributed by atoms with Crippen LogP contribution >= 0.6 is 0 Å². The number of piperidine rings is 1. The monoisotopic (exact) mass is 462 g/mol. The Hall–Kier alpha value is -2.96. The lowest BCUT2D eigenvalue weighted by molar-refractivity contribution is -0.126. The van der Waals surface area contributed by atoms with E-state index in [0.717, 1.165) is 22.3 Å². The van der Waals surface area contributed by atoms with Crippen molar-refractivity contribution in [2.75, 3.05) is 13.1 Å². The number of rotatable bonds is 6. The third-order valence-electron chi connectivity index (χ3n) is 6.24. The maximum Gasteiger partial charge on any atom is 0.243 e. The van der Waals surface area contributed by atoms with E-state index >= 15 is 0 Å². The molecular formula is C27H30N2O3S. The zero-order valence-corrected chi connectivity index (χ0v) is 19.9. The van der Waals surface area contributed by atoms with Crippen molar-refractivity contribution in [1.82, 2.24) is 9.62 Å². The predicted molar refractivity (Wildman–Crippen MR) is 130 cm³/mol. The summed E-state index contributed by atoms with van der Waals surface area (Å²) in [4.78, 5) is 13.6. The van der Waals surface area contributed by atoms with Crippen molar-refractivity contribution in [3.05, 3.63) is 101 Å². The number of aryl methyl sites for hydroxylation is 2. The Morgan fingerprint density at radius 1 is 0.879 bits per heavy atom. The van der Waals surface area contributed by atoms with Gasteiger partial charge in [-0.2, -0.15) is 4.31 Å². The number of nitrogens with one attached hydrogen (secondary N) is 1. The summed E-state index contributed by atoms with van der Waals surface area (Å²) >= 11 is 0. The molecule has 0 aliphatic carbocycles. The van der Waals surface area contributed by atoms with Crippen molar-refractivity contribution in [3.63, 3.8) is 0 Å². The highest BCUT2D eigenvalue weighted by Gasteiger charge is 2.34. The Morgan fingerprint density at radius 2 is 1.45 bits per heavy atom. The van der Waals surface area contributed by atoms with Crippen molar-refractivity contribution in [3.8, 4) is 0 Å². The number of amides is 1. The molecule has 4 rings (SSSR count). The number of nitrogens with zero attached hydrogens (tertiary/aromatic N) is 1. The van der Waals surface area contributed by atoms with Crippen LogP contribution in [0.5, 0.6) is 0 Å². The molecule has 3 aromatic rings. The largest absolute Gasteiger partial charge is 0.345 e. The molecule has 2 atom stereocenters. The SMILES string of the molecule is Cc1ccc([C@@H](NC(=O)[C@H]2CCCN(S(=O)(=O)c3ccc(C)cc3)C2)c2ccccc2)cc1. The third kappa shape index (κ3) is 5.34. The molecule has 0 spiro atoms. The first kappa shape index (κ1) is 23.2. The maximum absolute atomic E-state index is 13.3. The van der Waals surface area contributed by atoms with Gasteiger partial charge in [-0.3, -0.25) is 4.79 Å². The van der Waals surface area contributed by atoms with Gasteiger partial charge in [-0.25, -0.2) is 8.42 Å². The second-order valence-electron chi connectivity index (χ2n) is 8.78. The molecule has 172 valence electrons. The fraction of sp³-hybridized carbons (Fsp3) is 0.296. The molecule has 1 N–H and O–H groups in total. The van der Waals surface area contributed by atoms with E-state index in [-0.39, 0.29) is 23.4 Å². The van der Waals surface area contributed by atoms with E-state index in [1.54, 1.807) is 24.3 Å². The van der Waals surface area contributed by atoms with Crippen molar-refractivity contribution in [1.29, 1.82) is 0 Å². The van der Waals surface area contributed by atoms with Crippen LogP contribution in [0.4, 0.5) is 0 Å². The van der Waals surface area contributed by atoms with E-state index in [2.05, 4.69) is 5.32 Å². The lowest BCUT2D eigenvalue weighted by Crippen LogP contribution is -2.46. The first-order chi connectivity index (χ1) is 15.8. The van der Waals surface area contributed by atoms with Crippen LogP contribution in [0.2, 0.25) is 0 Å². The van der Waals surface area contributed by atoms with Crippen LogP contribution in [-0.2, 0) is 14.8 Å². The predicted octanol–water partition coefficient (Wildman–Crippen LogP) is 4.61. The lowest BCUT2D eigenvalue weighted by atomic mass is 9.94. The molecule has 6 heteroatoms. The smallest absolute Gasteiger partial charge is 0.243 e. The van der Waals surface area contributed by atoms with Crippen molar-refractivity contribution >= 4 is 15.9 Å². The van der Waals surface area contributed by atoms with E-state index in [4.69, 9.17) is 0 Å². The van der Waals surface area contributed by atoms with E-state index in [1.165, 1.54) is 4.31 Å². The van der Waals surface area contributed by atoms with Gasteiger partial charge in [-0.05, 0) is 49.9 Å². The highest BCUT2D eigenvalue weighted by molar-refractivity contribution is 7.89. The van der Waals surface area contributed by atoms with Gasteiger partial charge in [-0.15, -0.1) is 0 Å². The topological polar surface area (TPSA) is 66.5 Å². The van der Waals surface area contributed by atoms with Gasteiger partial charge >= 0.3 is 0 Å². The summed E-state index contributed by atoms with van der Waals surface area (Å²) in [6.45, 7) is 4.58. The molecule has 1 saturated heterocycles. The molecule has 33 heavy (non-hydrogen) atoms. The normalized spacial score (nSPS) is 17.9. The fourth-order valence-corrected chi connectivity index (χ4v) is 5.78. The Labute approximate surface area is 196 Å². The molecule has 3 aromatic carbocycles. The zero-order chi connectivity index (χ0) is 23.4. The number of carbonyl (C=O) groups is 1. The maximum atomic E-state index is 13.3. The molecular weight excluding hydrogens is 432 g/mol. The number of hydrogen-bond acceptors (Lipinski definition) is 3. The molecule has 1 aliphatic heterocycles. The van der Waals surface area contributed by atoms with Crippen molar-refractivity contribution in [2.45, 2.75) is 37.6 Å². The van der Waals surface area contributed by atoms with E-state index in [9.17, 15) is 13.2 Å². The van der Waals surface area contributed by atoms with Gasteiger partial charge in [-0.1, -0.05) is 77.9 Å². The summed E-state index contributed by atoms with van der Waals surface area (Å²) in [7, 11) is -3.63. The van der Waals surface area contributed by atoms with Crippen molar-refractivity contribution in [2.24, 2.45) is 5.92 Å². The van der Waals surface area contributed by atoms with Crippen LogP contribution in [0.1, 0.15) is 41.1 Å². The number of hydrogen-bond donors (Lipinski definition) is 1. The van der Waals surface area contributed by atoms with Crippen LogP contribution in [-0.4, -0.2) is 31.7 Å². The molecule has 1 fully saturated rings. The average molecular weight is 463 g/mol. The number of sulfonamides is 1. The van der Waals surface area contributed by atoms with Gasteiger partial charge in [0.15, 0.2) is 0 Å². The van der Waals surface area contributed by atoms with Crippen LogP contribution in [0.3, 0.4) is 0 Å². The lowest BCUT2D eigenvalue weighted by Gasteiger charge is -2.32. The van der Waals surface area contributed by atoms with Gasteiger partial charge in [0.05, 0.1) is 16.9 Å². The molecule has 1 amide bonds. The Bertz CT molecular complexity index is 1190. The van der Waals surface area contributed by atoms with Gasteiger partial charge in [0.1, 0.15) is 0 Å². The summed E-state index contributed by atoms with van der Waals surface area (Å²) in [5.41, 5.74) is 4.16. The number of benzene rings is 3. The first-order valence-electron chi connectivity index (χ1n) is 11.3. The van der Waals surface area contributed by atoms with Gasteiger partial charge in [0.25, 0.3) is 0 Å². The Morgan fingerprint density at radius 3 is 2.09 bits per heavy atom. The van der Waals surface area contributed by atoms with Crippen LogP contribution < -0.4 is 5.32 Å². The molecule has 5 nitrogen and oxygen atoms in total. The second-order valence-corrected chi connectivity index (χ2v) is 10.7. The summed E-state index contributed by atoms with van der Waals surface area (Å²) in [5, 5.41) is 3.20. The van der Waals surface area contributed by atoms with Crippen LogP contribution in [0, 0.1) is 19.8 Å². The average Bonchev–Trinajstić information content (AvgIpc) is 2.84. The quantitative estimate of drug-likeness (QED) is 0.582. The fourth-order valence-electron chi connectivity index (χ4n) is 4.26. The van der Waals surface area contributed by atoms with Crippen LogP contribution in [0.25, 0.3) is 0 Å². The molecule has 0 aromatic heterocycles. The van der Waals surface area contributed by atoms with Crippen molar-refractivity contribution < 1.29 is 13.2 Å². The van der Waals surface area contributed by atoms with E-state index in [1.807, 2.05) is 68.4 Å². The van der Waals surface area contributed by atoms with E-state index < -0.39 is 15.9 Å². The summed E-state index contributed by atoms with van der Waals surface area (Å²) in [6, 6.07) is 24.6. The molecule has 1 heterocycles. The summed E-state index contributed by atoms with van der Waals surface area (Å²) in [6.07, 6.45) is 1.32. The Kier molecular flexibility index (Phi) is 6.96. The zero-order valence-electron chi connectivity index (χ0n) is 19.1. The second kappa shape index (κ2) is 9.89. The Balaban J connectivity index is 1.53. The minimum atomic E-state index is -3.63. The third-order valence-corrected chi connectivity index (χ3v) is 8.12. The standard InChI is InChI=1S/C27H30N2O3S/c1-20-10-14-23(15-11-20)26(22-7-4-3-5-8-22)28-27(30)24-9-6-18-29(19-24)33(31,32)25-16-12-21(2)13-17-25/h3-5,7-8,10-17,24,26H,6,9,18-19H2,1-2H3,(H,28,30)/t24-,26-/m0/s1. The highest BCUT2D eigenvalue weighted by atomic mass is 32.2. The molecule has 0 saturated carbocycles. The minimum absolute atomic E-state index is 0.117.